The number of carbonyl (C=O) groups is 1. The van der Waals surface area contributed by atoms with E-state index in [1.54, 1.807) is 0 Å². The zero-order valence-corrected chi connectivity index (χ0v) is 14.3. The van der Waals surface area contributed by atoms with Crippen LogP contribution in [-0.2, 0) is 9.53 Å². The summed E-state index contributed by atoms with van der Waals surface area (Å²) in [7, 11) is 0. The molecule has 1 saturated heterocycles. The monoisotopic (exact) mass is 303 g/mol. The van der Waals surface area contributed by atoms with Crippen molar-refractivity contribution in [3.8, 4) is 0 Å². The van der Waals surface area contributed by atoms with E-state index in [4.69, 9.17) is 4.74 Å². The maximum Gasteiger partial charge on any atom is 0.223 e. The van der Waals surface area contributed by atoms with E-state index < -0.39 is 0 Å². The van der Waals surface area contributed by atoms with Crippen LogP contribution in [0.1, 0.15) is 63.6 Å². The van der Waals surface area contributed by atoms with Crippen LogP contribution in [0.4, 0.5) is 0 Å². The van der Waals surface area contributed by atoms with Gasteiger partial charge in [0.15, 0.2) is 0 Å². The fourth-order valence-electron chi connectivity index (χ4n) is 2.95. The van der Waals surface area contributed by atoms with Crippen LogP contribution in [0.3, 0.4) is 0 Å². The largest absolute Gasteiger partial charge is 0.381 e. The minimum atomic E-state index is 0.0801. The highest BCUT2D eigenvalue weighted by Crippen LogP contribution is 2.25. The lowest BCUT2D eigenvalue weighted by Gasteiger charge is -2.27. The Labute approximate surface area is 134 Å². The smallest absolute Gasteiger partial charge is 0.223 e. The lowest BCUT2D eigenvalue weighted by molar-refractivity contribution is -0.129. The van der Waals surface area contributed by atoms with Crippen LogP contribution in [0, 0.1) is 11.8 Å². The molecule has 3 nitrogen and oxygen atoms in total. The molecule has 1 aromatic rings. The quantitative estimate of drug-likeness (QED) is 0.891. The number of benzene rings is 1. The van der Waals surface area contributed by atoms with E-state index in [9.17, 15) is 4.79 Å². The Bertz CT molecular complexity index is 473. The number of amides is 1. The Morgan fingerprint density at radius 1 is 1.05 bits per heavy atom. The lowest BCUT2D eigenvalue weighted by atomic mass is 9.92. The minimum Gasteiger partial charge on any atom is -0.381 e. The topological polar surface area (TPSA) is 38.3 Å². The third-order valence-electron chi connectivity index (χ3n) is 4.52. The molecule has 1 aromatic carbocycles. The highest BCUT2D eigenvalue weighted by molar-refractivity contribution is 5.79. The Balaban J connectivity index is 2.07. The van der Waals surface area contributed by atoms with Gasteiger partial charge in [-0.05, 0) is 35.8 Å². The Kier molecular flexibility index (Phi) is 6.01. The number of rotatable bonds is 5. The molecule has 0 bridgehead atoms. The van der Waals surface area contributed by atoms with Gasteiger partial charge in [-0.2, -0.15) is 0 Å². The van der Waals surface area contributed by atoms with Crippen LogP contribution in [0.5, 0.6) is 0 Å². The molecule has 1 heterocycles. The van der Waals surface area contributed by atoms with Gasteiger partial charge >= 0.3 is 0 Å². The zero-order chi connectivity index (χ0) is 16.1. The third kappa shape index (κ3) is 4.33. The lowest BCUT2D eigenvalue weighted by Crippen LogP contribution is -2.38. The first-order valence-electron chi connectivity index (χ1n) is 8.47. The fraction of sp³-hybridized carbons (Fsp3) is 0.632. The summed E-state index contributed by atoms with van der Waals surface area (Å²) in [6, 6.07) is 8.75. The van der Waals surface area contributed by atoms with Crippen LogP contribution < -0.4 is 5.32 Å². The van der Waals surface area contributed by atoms with Crippen LogP contribution in [-0.4, -0.2) is 19.1 Å². The summed E-state index contributed by atoms with van der Waals surface area (Å²) >= 11 is 0. The summed E-state index contributed by atoms with van der Waals surface area (Å²) in [5, 5.41) is 3.26. The van der Waals surface area contributed by atoms with Crippen molar-refractivity contribution in [3.05, 3.63) is 35.4 Å². The maximum absolute atomic E-state index is 12.5. The number of nitrogens with one attached hydrogen (secondary N) is 1. The van der Waals surface area contributed by atoms with Gasteiger partial charge in [-0.15, -0.1) is 0 Å². The molecule has 0 aromatic heterocycles. The number of hydrogen-bond donors (Lipinski definition) is 1. The average Bonchev–Trinajstić information content (AvgIpc) is 2.53. The molecule has 1 N–H and O–H groups in total. The molecule has 0 saturated carbocycles. The van der Waals surface area contributed by atoms with Crippen molar-refractivity contribution >= 4 is 5.91 Å². The summed E-state index contributed by atoms with van der Waals surface area (Å²) < 4.78 is 5.34. The van der Waals surface area contributed by atoms with Crippen molar-refractivity contribution in [2.45, 2.75) is 52.5 Å². The van der Waals surface area contributed by atoms with Gasteiger partial charge in [0.05, 0.1) is 6.04 Å². The van der Waals surface area contributed by atoms with Gasteiger partial charge in [0.2, 0.25) is 5.91 Å². The van der Waals surface area contributed by atoms with Crippen LogP contribution in [0.25, 0.3) is 0 Å². The molecule has 1 atom stereocenters. The predicted molar refractivity (Wildman–Crippen MR) is 89.8 cm³/mol. The van der Waals surface area contributed by atoms with Crippen LogP contribution in [0.15, 0.2) is 24.3 Å². The van der Waals surface area contributed by atoms with Gasteiger partial charge in [0, 0.05) is 19.1 Å². The fourth-order valence-corrected chi connectivity index (χ4v) is 2.95. The normalized spacial score (nSPS) is 17.7. The highest BCUT2D eigenvalue weighted by Gasteiger charge is 2.25. The van der Waals surface area contributed by atoms with Crippen molar-refractivity contribution < 1.29 is 9.53 Å². The molecule has 0 unspecified atom stereocenters. The molecule has 0 radical (unpaired) electrons. The van der Waals surface area contributed by atoms with E-state index in [1.807, 2.05) is 0 Å². The first kappa shape index (κ1) is 17.0. The summed E-state index contributed by atoms with van der Waals surface area (Å²) in [4.78, 5) is 12.5. The minimum absolute atomic E-state index is 0.0801. The summed E-state index contributed by atoms with van der Waals surface area (Å²) in [6.07, 6.45) is 1.67. The predicted octanol–water partition coefficient (Wildman–Crippen LogP) is 4.05. The molecule has 1 aliphatic rings. The molecule has 1 amide bonds. The molecule has 1 fully saturated rings. The first-order chi connectivity index (χ1) is 10.5. The number of hydrogen-bond acceptors (Lipinski definition) is 2. The van der Waals surface area contributed by atoms with E-state index in [0.29, 0.717) is 25.0 Å². The van der Waals surface area contributed by atoms with Gasteiger partial charge in [0.1, 0.15) is 0 Å². The second-order valence-corrected chi connectivity index (χ2v) is 6.94. The van der Waals surface area contributed by atoms with Crippen molar-refractivity contribution in [3.63, 3.8) is 0 Å². The van der Waals surface area contributed by atoms with Crippen molar-refractivity contribution in [1.29, 1.82) is 0 Å². The van der Waals surface area contributed by atoms with Crippen molar-refractivity contribution in [2.24, 2.45) is 11.8 Å². The molecule has 1 aliphatic heterocycles. The molecule has 122 valence electrons. The Morgan fingerprint density at radius 3 is 2.09 bits per heavy atom. The molecule has 0 aliphatic carbocycles. The number of ether oxygens (including phenoxy) is 1. The molecule has 2 rings (SSSR count). The second kappa shape index (κ2) is 7.77. The van der Waals surface area contributed by atoms with Gasteiger partial charge in [-0.3, -0.25) is 4.79 Å². The van der Waals surface area contributed by atoms with Crippen molar-refractivity contribution in [2.75, 3.05) is 13.2 Å². The zero-order valence-electron chi connectivity index (χ0n) is 14.3. The summed E-state index contributed by atoms with van der Waals surface area (Å²) in [5.74, 6) is 1.18. The van der Waals surface area contributed by atoms with Gasteiger partial charge in [-0.1, -0.05) is 52.0 Å². The van der Waals surface area contributed by atoms with Crippen LogP contribution in [0.2, 0.25) is 0 Å². The van der Waals surface area contributed by atoms with E-state index in [0.717, 1.165) is 12.8 Å². The van der Waals surface area contributed by atoms with E-state index in [-0.39, 0.29) is 17.9 Å². The second-order valence-electron chi connectivity index (χ2n) is 6.94. The van der Waals surface area contributed by atoms with E-state index in [1.165, 1.54) is 11.1 Å². The van der Waals surface area contributed by atoms with Gasteiger partial charge in [-0.25, -0.2) is 0 Å². The molecular weight excluding hydrogens is 274 g/mol. The van der Waals surface area contributed by atoms with E-state index in [2.05, 4.69) is 57.3 Å². The molecular formula is C19H29NO2. The average molecular weight is 303 g/mol. The van der Waals surface area contributed by atoms with Crippen molar-refractivity contribution in [1.82, 2.24) is 5.32 Å². The number of carbonyl (C=O) groups excluding carboxylic acids is 1. The molecule has 0 spiro atoms. The standard InChI is InChI=1S/C19H29NO2/c1-13(2)15-5-7-16(8-6-15)18(14(3)4)20-19(21)17-9-11-22-12-10-17/h5-8,13-14,17-18H,9-12H2,1-4H3,(H,20,21)/t18-/m0/s1. The van der Waals surface area contributed by atoms with Gasteiger partial charge < -0.3 is 10.1 Å². The Hall–Kier alpha value is -1.35. The Morgan fingerprint density at radius 2 is 1.59 bits per heavy atom. The van der Waals surface area contributed by atoms with E-state index >= 15 is 0 Å². The SMILES string of the molecule is CC(C)c1ccc([C@@H](NC(=O)C2CCOCC2)C(C)C)cc1. The summed E-state index contributed by atoms with van der Waals surface area (Å²) in [5.41, 5.74) is 2.53. The summed E-state index contributed by atoms with van der Waals surface area (Å²) in [6.45, 7) is 10.1. The highest BCUT2D eigenvalue weighted by atomic mass is 16.5. The third-order valence-corrected chi connectivity index (χ3v) is 4.52. The first-order valence-corrected chi connectivity index (χ1v) is 8.47. The maximum atomic E-state index is 12.5. The van der Waals surface area contributed by atoms with Gasteiger partial charge in [0.25, 0.3) is 0 Å². The molecule has 22 heavy (non-hydrogen) atoms. The van der Waals surface area contributed by atoms with Crippen LogP contribution >= 0.6 is 0 Å². The molecule has 3 heteroatoms.